The van der Waals surface area contributed by atoms with E-state index in [1.54, 1.807) is 18.5 Å². The van der Waals surface area contributed by atoms with Crippen molar-refractivity contribution < 1.29 is 4.52 Å². The van der Waals surface area contributed by atoms with Gasteiger partial charge < -0.3 is 19.6 Å². The summed E-state index contributed by atoms with van der Waals surface area (Å²) in [4.78, 5) is 8.69. The Morgan fingerprint density at radius 3 is 3.17 bits per heavy atom. The molecule has 0 aliphatic heterocycles. The van der Waals surface area contributed by atoms with E-state index in [0.29, 0.717) is 12.4 Å². The average Bonchev–Trinajstić information content (AvgIpc) is 3.06. The van der Waals surface area contributed by atoms with E-state index in [2.05, 4.69) is 25.8 Å². The minimum atomic E-state index is 0.541. The SMILES string of the molecule is CNc1cn2ccnc2c(NCc2ccon2)n1. The van der Waals surface area contributed by atoms with Crippen LogP contribution < -0.4 is 10.6 Å². The number of aromatic nitrogens is 4. The molecule has 0 unspecified atom stereocenters. The van der Waals surface area contributed by atoms with E-state index >= 15 is 0 Å². The zero-order valence-corrected chi connectivity index (χ0v) is 9.79. The summed E-state index contributed by atoms with van der Waals surface area (Å²) in [7, 11) is 1.83. The van der Waals surface area contributed by atoms with Crippen LogP contribution in [0.5, 0.6) is 0 Å². The minimum absolute atomic E-state index is 0.541. The van der Waals surface area contributed by atoms with Gasteiger partial charge in [-0.2, -0.15) is 0 Å². The molecule has 0 spiro atoms. The molecule has 0 radical (unpaired) electrons. The third-order valence-corrected chi connectivity index (χ3v) is 2.56. The molecule has 7 heteroatoms. The number of hydrogen-bond acceptors (Lipinski definition) is 6. The fraction of sp³-hybridized carbons (Fsp3) is 0.182. The number of rotatable bonds is 4. The zero-order chi connectivity index (χ0) is 12.4. The van der Waals surface area contributed by atoms with Crippen molar-refractivity contribution in [2.24, 2.45) is 0 Å². The maximum absolute atomic E-state index is 4.78. The monoisotopic (exact) mass is 244 g/mol. The summed E-state index contributed by atoms with van der Waals surface area (Å²) >= 11 is 0. The second kappa shape index (κ2) is 4.36. The van der Waals surface area contributed by atoms with E-state index in [1.165, 1.54) is 0 Å². The predicted molar refractivity (Wildman–Crippen MR) is 66.4 cm³/mol. The van der Waals surface area contributed by atoms with E-state index < -0.39 is 0 Å². The van der Waals surface area contributed by atoms with Crippen molar-refractivity contribution in [3.05, 3.63) is 36.6 Å². The Morgan fingerprint density at radius 1 is 1.44 bits per heavy atom. The standard InChI is InChI=1S/C11H12N6O/c1-12-9-7-17-4-3-13-11(17)10(15-9)14-6-8-2-5-18-16-8/h2-5,7,12H,6H2,1H3,(H,14,15). The van der Waals surface area contributed by atoms with Crippen LogP contribution in [0.2, 0.25) is 0 Å². The topological polar surface area (TPSA) is 80.3 Å². The van der Waals surface area contributed by atoms with Crippen LogP contribution in [-0.2, 0) is 6.54 Å². The Balaban J connectivity index is 1.92. The number of imidazole rings is 1. The van der Waals surface area contributed by atoms with Crippen molar-refractivity contribution in [3.8, 4) is 0 Å². The van der Waals surface area contributed by atoms with Gasteiger partial charge in [0.2, 0.25) is 0 Å². The highest BCUT2D eigenvalue weighted by Gasteiger charge is 2.07. The number of nitrogens with one attached hydrogen (secondary N) is 2. The smallest absolute Gasteiger partial charge is 0.180 e. The van der Waals surface area contributed by atoms with Gasteiger partial charge >= 0.3 is 0 Å². The van der Waals surface area contributed by atoms with E-state index in [4.69, 9.17) is 4.52 Å². The molecule has 0 saturated carbocycles. The summed E-state index contributed by atoms with van der Waals surface area (Å²) in [6.45, 7) is 0.541. The molecule has 3 aromatic heterocycles. The molecule has 0 aliphatic carbocycles. The number of hydrogen-bond donors (Lipinski definition) is 2. The second-order valence-corrected chi connectivity index (χ2v) is 3.73. The van der Waals surface area contributed by atoms with Gasteiger partial charge in [0, 0.05) is 25.5 Å². The highest BCUT2D eigenvalue weighted by atomic mass is 16.5. The van der Waals surface area contributed by atoms with Gasteiger partial charge in [-0.1, -0.05) is 5.16 Å². The van der Waals surface area contributed by atoms with Crippen molar-refractivity contribution in [1.29, 1.82) is 0 Å². The summed E-state index contributed by atoms with van der Waals surface area (Å²) in [6.07, 6.45) is 7.03. The Bertz CT molecular complexity index is 645. The zero-order valence-electron chi connectivity index (χ0n) is 9.79. The molecule has 3 heterocycles. The van der Waals surface area contributed by atoms with Crippen LogP contribution in [0.1, 0.15) is 5.69 Å². The molecule has 3 aromatic rings. The highest BCUT2D eigenvalue weighted by molar-refractivity contribution is 5.65. The molecule has 92 valence electrons. The van der Waals surface area contributed by atoms with Crippen LogP contribution in [-0.4, -0.2) is 26.6 Å². The van der Waals surface area contributed by atoms with E-state index in [-0.39, 0.29) is 0 Å². The largest absolute Gasteiger partial charge is 0.372 e. The molecule has 3 rings (SSSR count). The van der Waals surface area contributed by atoms with Crippen LogP contribution >= 0.6 is 0 Å². The number of anilines is 2. The van der Waals surface area contributed by atoms with Gasteiger partial charge in [0.05, 0.1) is 12.7 Å². The van der Waals surface area contributed by atoms with Gasteiger partial charge in [0.15, 0.2) is 11.5 Å². The molecule has 0 aromatic carbocycles. The van der Waals surface area contributed by atoms with Crippen LogP contribution in [0.15, 0.2) is 35.4 Å². The first-order valence-corrected chi connectivity index (χ1v) is 5.51. The molecule has 18 heavy (non-hydrogen) atoms. The third-order valence-electron chi connectivity index (χ3n) is 2.56. The molecular formula is C11H12N6O. The summed E-state index contributed by atoms with van der Waals surface area (Å²) in [5, 5.41) is 10.0. The Morgan fingerprint density at radius 2 is 2.39 bits per heavy atom. The van der Waals surface area contributed by atoms with Gasteiger partial charge in [0.25, 0.3) is 0 Å². The van der Waals surface area contributed by atoms with E-state index in [9.17, 15) is 0 Å². The molecular weight excluding hydrogens is 232 g/mol. The fourth-order valence-electron chi connectivity index (χ4n) is 1.67. The van der Waals surface area contributed by atoms with Gasteiger partial charge in [0.1, 0.15) is 17.8 Å². The van der Waals surface area contributed by atoms with Crippen molar-refractivity contribution in [2.75, 3.05) is 17.7 Å². The first-order chi connectivity index (χ1) is 8.86. The molecule has 0 aliphatic rings. The quantitative estimate of drug-likeness (QED) is 0.721. The van der Waals surface area contributed by atoms with Crippen LogP contribution in [0.25, 0.3) is 5.65 Å². The average molecular weight is 244 g/mol. The lowest BCUT2D eigenvalue weighted by Gasteiger charge is -2.07. The van der Waals surface area contributed by atoms with Crippen LogP contribution in [0.3, 0.4) is 0 Å². The normalized spacial score (nSPS) is 10.7. The first kappa shape index (κ1) is 10.6. The summed E-state index contributed by atoms with van der Waals surface area (Å²) in [5.41, 5.74) is 1.59. The lowest BCUT2D eigenvalue weighted by molar-refractivity contribution is 0.412. The lowest BCUT2D eigenvalue weighted by atomic mass is 10.4. The first-order valence-electron chi connectivity index (χ1n) is 5.51. The molecule has 2 N–H and O–H groups in total. The minimum Gasteiger partial charge on any atom is -0.372 e. The van der Waals surface area contributed by atoms with Gasteiger partial charge in [-0.3, -0.25) is 0 Å². The summed E-state index contributed by atoms with van der Waals surface area (Å²) in [5.74, 6) is 1.47. The molecule has 0 bridgehead atoms. The summed E-state index contributed by atoms with van der Waals surface area (Å²) in [6, 6.07) is 1.80. The molecule has 0 fully saturated rings. The van der Waals surface area contributed by atoms with Crippen molar-refractivity contribution >= 4 is 17.3 Å². The molecule has 7 nitrogen and oxygen atoms in total. The maximum atomic E-state index is 4.78. The fourth-order valence-corrected chi connectivity index (χ4v) is 1.67. The molecule has 0 amide bonds. The number of nitrogens with zero attached hydrogens (tertiary/aromatic N) is 4. The second-order valence-electron chi connectivity index (χ2n) is 3.73. The predicted octanol–water partition coefficient (Wildman–Crippen LogP) is 1.37. The van der Waals surface area contributed by atoms with Crippen LogP contribution in [0, 0.1) is 0 Å². The van der Waals surface area contributed by atoms with Crippen molar-refractivity contribution in [2.45, 2.75) is 6.54 Å². The molecule has 0 atom stereocenters. The summed E-state index contributed by atoms with van der Waals surface area (Å²) < 4.78 is 6.68. The van der Waals surface area contributed by atoms with Gasteiger partial charge in [-0.25, -0.2) is 9.97 Å². The third kappa shape index (κ3) is 1.86. The van der Waals surface area contributed by atoms with Gasteiger partial charge in [-0.15, -0.1) is 0 Å². The van der Waals surface area contributed by atoms with Crippen molar-refractivity contribution in [1.82, 2.24) is 19.5 Å². The van der Waals surface area contributed by atoms with Gasteiger partial charge in [-0.05, 0) is 0 Å². The molecule has 0 saturated heterocycles. The Hall–Kier alpha value is -2.57. The Kier molecular flexibility index (Phi) is 2.56. The maximum Gasteiger partial charge on any atom is 0.180 e. The highest BCUT2D eigenvalue weighted by Crippen LogP contribution is 2.16. The number of fused-ring (bicyclic) bond motifs is 1. The van der Waals surface area contributed by atoms with Crippen LogP contribution in [0.4, 0.5) is 11.6 Å². The van der Waals surface area contributed by atoms with E-state index in [1.807, 2.05) is 23.8 Å². The Labute approximate surface area is 103 Å². The van der Waals surface area contributed by atoms with Crippen molar-refractivity contribution in [3.63, 3.8) is 0 Å². The van der Waals surface area contributed by atoms with E-state index in [0.717, 1.165) is 17.2 Å². The lowest BCUT2D eigenvalue weighted by Crippen LogP contribution is -2.06.